The first kappa shape index (κ1) is 10.5. The zero-order valence-corrected chi connectivity index (χ0v) is 10.2. The molecule has 5 heteroatoms. The first-order valence-electron chi connectivity index (χ1n) is 6.14. The van der Waals surface area contributed by atoms with Gasteiger partial charge in [0.05, 0.1) is 6.33 Å². The lowest BCUT2D eigenvalue weighted by Gasteiger charge is -2.17. The highest BCUT2D eigenvalue weighted by Gasteiger charge is 2.24. The van der Waals surface area contributed by atoms with Gasteiger partial charge in [0, 0.05) is 13.1 Å². The molecule has 0 spiro atoms. The summed E-state index contributed by atoms with van der Waals surface area (Å²) < 4.78 is 1.92. The van der Waals surface area contributed by atoms with Crippen LogP contribution in [0.2, 0.25) is 0 Å². The molecule has 0 aliphatic heterocycles. The van der Waals surface area contributed by atoms with Gasteiger partial charge in [-0.15, -0.1) is 0 Å². The maximum Gasteiger partial charge on any atom is 0.165 e. The second-order valence-corrected chi connectivity index (χ2v) is 4.91. The van der Waals surface area contributed by atoms with Crippen LogP contribution in [0.25, 0.3) is 11.2 Å². The van der Waals surface area contributed by atoms with Crippen molar-refractivity contribution in [2.75, 3.05) is 5.32 Å². The van der Waals surface area contributed by atoms with Gasteiger partial charge in [0.25, 0.3) is 0 Å². The molecule has 5 nitrogen and oxygen atoms in total. The summed E-state index contributed by atoms with van der Waals surface area (Å²) in [4.78, 5) is 12.9. The molecule has 0 amide bonds. The molecule has 2 aromatic heterocycles. The van der Waals surface area contributed by atoms with E-state index in [1.807, 2.05) is 11.6 Å². The van der Waals surface area contributed by atoms with Crippen LogP contribution in [-0.2, 0) is 7.05 Å². The van der Waals surface area contributed by atoms with Gasteiger partial charge in [0.1, 0.15) is 11.8 Å². The summed E-state index contributed by atoms with van der Waals surface area (Å²) in [7, 11) is 1.95. The van der Waals surface area contributed by atoms with Crippen LogP contribution in [0.5, 0.6) is 0 Å². The van der Waals surface area contributed by atoms with E-state index < -0.39 is 0 Å². The second-order valence-electron chi connectivity index (χ2n) is 4.91. The lowest BCUT2D eigenvalue weighted by atomic mass is 10.1. The molecular weight excluding hydrogens is 214 g/mol. The van der Waals surface area contributed by atoms with Gasteiger partial charge < -0.3 is 9.88 Å². The molecule has 3 rings (SSSR count). The molecule has 2 aromatic rings. The van der Waals surface area contributed by atoms with Gasteiger partial charge in [-0.05, 0) is 18.8 Å². The van der Waals surface area contributed by atoms with Crippen LogP contribution < -0.4 is 5.32 Å². The molecule has 90 valence electrons. The van der Waals surface area contributed by atoms with Crippen molar-refractivity contribution in [1.82, 2.24) is 19.5 Å². The second kappa shape index (κ2) is 3.98. The molecule has 2 atom stereocenters. The summed E-state index contributed by atoms with van der Waals surface area (Å²) in [6, 6.07) is 0.523. The van der Waals surface area contributed by atoms with Crippen molar-refractivity contribution >= 4 is 17.0 Å². The Morgan fingerprint density at radius 3 is 2.94 bits per heavy atom. The molecule has 0 saturated heterocycles. The lowest BCUT2D eigenvalue weighted by Crippen LogP contribution is -2.22. The summed E-state index contributed by atoms with van der Waals surface area (Å²) in [5.74, 6) is 1.58. The third-order valence-corrected chi connectivity index (χ3v) is 3.68. The standard InChI is InChI=1S/C12H17N5/c1-8-4-3-5-9(8)16-11-10-12(14-6-13-11)17(2)7-15-10/h6-9H,3-5H2,1-2H3,(H,13,14,16). The first-order valence-corrected chi connectivity index (χ1v) is 6.14. The third-order valence-electron chi connectivity index (χ3n) is 3.68. The Morgan fingerprint density at radius 2 is 2.18 bits per heavy atom. The van der Waals surface area contributed by atoms with Gasteiger partial charge in [-0.3, -0.25) is 0 Å². The van der Waals surface area contributed by atoms with Gasteiger partial charge in [-0.2, -0.15) is 0 Å². The lowest BCUT2D eigenvalue weighted by molar-refractivity contribution is 0.555. The van der Waals surface area contributed by atoms with E-state index in [0.29, 0.717) is 12.0 Å². The van der Waals surface area contributed by atoms with E-state index in [2.05, 4.69) is 27.2 Å². The van der Waals surface area contributed by atoms with Crippen molar-refractivity contribution in [3.8, 4) is 0 Å². The molecule has 1 aliphatic carbocycles. The van der Waals surface area contributed by atoms with Gasteiger partial charge in [-0.1, -0.05) is 13.3 Å². The molecule has 17 heavy (non-hydrogen) atoms. The van der Waals surface area contributed by atoms with Crippen molar-refractivity contribution < 1.29 is 0 Å². The highest BCUT2D eigenvalue weighted by molar-refractivity contribution is 5.82. The Labute approximate surface area is 100 Å². The molecule has 2 unspecified atom stereocenters. The van der Waals surface area contributed by atoms with Crippen LogP contribution in [-0.4, -0.2) is 25.6 Å². The van der Waals surface area contributed by atoms with E-state index in [0.717, 1.165) is 17.0 Å². The van der Waals surface area contributed by atoms with E-state index in [1.54, 1.807) is 12.7 Å². The first-order chi connectivity index (χ1) is 8.25. The number of aryl methyl sites for hydroxylation is 1. The minimum absolute atomic E-state index is 0.523. The number of anilines is 1. The fourth-order valence-electron chi connectivity index (χ4n) is 2.59. The summed E-state index contributed by atoms with van der Waals surface area (Å²) in [6.07, 6.45) is 7.21. The van der Waals surface area contributed by atoms with Crippen LogP contribution in [0, 0.1) is 5.92 Å². The number of nitrogens with one attached hydrogen (secondary N) is 1. The van der Waals surface area contributed by atoms with Crippen LogP contribution in [0.15, 0.2) is 12.7 Å². The molecule has 1 aliphatic rings. The minimum Gasteiger partial charge on any atom is -0.365 e. The Hall–Kier alpha value is -1.65. The van der Waals surface area contributed by atoms with Crippen LogP contribution >= 0.6 is 0 Å². The Morgan fingerprint density at radius 1 is 1.29 bits per heavy atom. The molecule has 0 radical (unpaired) electrons. The molecule has 1 fully saturated rings. The zero-order valence-electron chi connectivity index (χ0n) is 10.2. The maximum atomic E-state index is 4.36. The topological polar surface area (TPSA) is 55.6 Å². The third kappa shape index (κ3) is 1.75. The van der Waals surface area contributed by atoms with Gasteiger partial charge in [0.2, 0.25) is 0 Å². The van der Waals surface area contributed by atoms with Crippen molar-refractivity contribution in [1.29, 1.82) is 0 Å². The number of nitrogens with zero attached hydrogens (tertiary/aromatic N) is 4. The number of rotatable bonds is 2. The van der Waals surface area contributed by atoms with E-state index in [9.17, 15) is 0 Å². The fourth-order valence-corrected chi connectivity index (χ4v) is 2.59. The maximum absolute atomic E-state index is 4.36. The largest absolute Gasteiger partial charge is 0.365 e. The molecule has 1 N–H and O–H groups in total. The average Bonchev–Trinajstić information content (AvgIpc) is 2.89. The van der Waals surface area contributed by atoms with Gasteiger partial charge >= 0.3 is 0 Å². The highest BCUT2D eigenvalue weighted by Crippen LogP contribution is 2.28. The average molecular weight is 231 g/mol. The zero-order chi connectivity index (χ0) is 11.8. The van der Waals surface area contributed by atoms with Crippen molar-refractivity contribution in [3.63, 3.8) is 0 Å². The Balaban J connectivity index is 1.94. The predicted octanol–water partition coefficient (Wildman–Crippen LogP) is 1.96. The molecule has 2 heterocycles. The van der Waals surface area contributed by atoms with Crippen molar-refractivity contribution in [2.45, 2.75) is 32.2 Å². The normalized spacial score (nSPS) is 24.4. The smallest absolute Gasteiger partial charge is 0.165 e. The van der Waals surface area contributed by atoms with Crippen molar-refractivity contribution in [3.05, 3.63) is 12.7 Å². The van der Waals surface area contributed by atoms with Gasteiger partial charge in [-0.25, -0.2) is 15.0 Å². The monoisotopic (exact) mass is 231 g/mol. The number of hydrogen-bond acceptors (Lipinski definition) is 4. The number of imidazole rings is 1. The molecule has 1 saturated carbocycles. The highest BCUT2D eigenvalue weighted by atomic mass is 15.1. The summed E-state index contributed by atoms with van der Waals surface area (Å²) in [5.41, 5.74) is 1.75. The van der Waals surface area contributed by atoms with E-state index >= 15 is 0 Å². The fraction of sp³-hybridized carbons (Fsp3) is 0.583. The molecule has 0 bridgehead atoms. The molecular formula is C12H17N5. The SMILES string of the molecule is CC1CCCC1Nc1ncnc2c1ncn2C. The molecule has 0 aromatic carbocycles. The summed E-state index contributed by atoms with van der Waals surface area (Å²) in [5, 5.41) is 3.52. The van der Waals surface area contributed by atoms with E-state index in [1.165, 1.54) is 19.3 Å². The minimum atomic E-state index is 0.523. The number of hydrogen-bond donors (Lipinski definition) is 1. The quantitative estimate of drug-likeness (QED) is 0.858. The van der Waals surface area contributed by atoms with Crippen LogP contribution in [0.3, 0.4) is 0 Å². The van der Waals surface area contributed by atoms with Crippen molar-refractivity contribution in [2.24, 2.45) is 13.0 Å². The van der Waals surface area contributed by atoms with Crippen LogP contribution in [0.1, 0.15) is 26.2 Å². The Kier molecular flexibility index (Phi) is 2.46. The number of aromatic nitrogens is 4. The van der Waals surface area contributed by atoms with E-state index in [-0.39, 0.29) is 0 Å². The predicted molar refractivity (Wildman–Crippen MR) is 66.7 cm³/mol. The van der Waals surface area contributed by atoms with Gasteiger partial charge in [0.15, 0.2) is 11.5 Å². The number of fused-ring (bicyclic) bond motifs is 1. The summed E-state index contributed by atoms with van der Waals surface area (Å²) in [6.45, 7) is 2.29. The van der Waals surface area contributed by atoms with Crippen LogP contribution in [0.4, 0.5) is 5.82 Å². The Bertz CT molecular complexity index is 533. The van der Waals surface area contributed by atoms with E-state index in [4.69, 9.17) is 0 Å². The summed E-state index contributed by atoms with van der Waals surface area (Å²) >= 11 is 0.